The molecule has 5 heteroatoms. The topological polar surface area (TPSA) is 42.0 Å². The van der Waals surface area contributed by atoms with E-state index in [1.54, 1.807) is 11.6 Å². The highest BCUT2D eigenvalue weighted by atomic mass is 35.5. The Balaban J connectivity index is 1.73. The van der Waals surface area contributed by atoms with Crippen molar-refractivity contribution < 1.29 is 4.79 Å². The molecule has 3 aromatic carbocycles. The largest absolute Gasteiger partial charge is 0.324 e. The zero-order chi connectivity index (χ0) is 17.9. The summed E-state index contributed by atoms with van der Waals surface area (Å²) in [5.74, 6) is -0.476. The van der Waals surface area contributed by atoms with Crippen LogP contribution in [-0.2, 0) is 4.79 Å². The first-order valence-corrected chi connectivity index (χ1v) is 9.42. The summed E-state index contributed by atoms with van der Waals surface area (Å²) >= 11 is 7.66. The molecule has 4 rings (SSSR count). The van der Waals surface area contributed by atoms with Crippen molar-refractivity contribution >= 4 is 44.7 Å². The van der Waals surface area contributed by atoms with Crippen molar-refractivity contribution in [2.45, 2.75) is 5.92 Å². The maximum Gasteiger partial charge on any atom is 0.236 e. The number of benzene rings is 3. The Kier molecular flexibility index (Phi) is 4.69. The highest BCUT2D eigenvalue weighted by Crippen LogP contribution is 2.33. The summed E-state index contributed by atoms with van der Waals surface area (Å²) in [6.45, 7) is 0. The van der Waals surface area contributed by atoms with Crippen LogP contribution in [0.15, 0.2) is 78.3 Å². The van der Waals surface area contributed by atoms with E-state index in [0.29, 0.717) is 10.5 Å². The number of hydrogen-bond acceptors (Lipinski definition) is 3. The molecule has 0 bridgehead atoms. The third kappa shape index (κ3) is 3.21. The molecule has 26 heavy (non-hydrogen) atoms. The van der Waals surface area contributed by atoms with E-state index in [-0.39, 0.29) is 5.91 Å². The zero-order valence-electron chi connectivity index (χ0n) is 13.7. The molecule has 0 saturated heterocycles. The predicted octanol–water partition coefficient (Wildman–Crippen LogP) is 5.72. The fourth-order valence-electron chi connectivity index (χ4n) is 3.01. The number of halogens is 1. The van der Waals surface area contributed by atoms with Gasteiger partial charge in [0.15, 0.2) is 0 Å². The van der Waals surface area contributed by atoms with Crippen LogP contribution in [0.1, 0.15) is 17.0 Å². The lowest BCUT2D eigenvalue weighted by Crippen LogP contribution is -2.22. The number of carbonyl (C=O) groups is 1. The second-order valence-electron chi connectivity index (χ2n) is 5.87. The van der Waals surface area contributed by atoms with Gasteiger partial charge in [-0.05, 0) is 23.3 Å². The highest BCUT2D eigenvalue weighted by molar-refractivity contribution is 7.17. The lowest BCUT2D eigenvalue weighted by atomic mass is 9.90. The third-order valence-corrected chi connectivity index (χ3v) is 5.39. The molecule has 1 aromatic heterocycles. The molecule has 1 amide bonds. The second kappa shape index (κ2) is 7.28. The average molecular weight is 379 g/mol. The van der Waals surface area contributed by atoms with Gasteiger partial charge in [0, 0.05) is 0 Å². The van der Waals surface area contributed by atoms with E-state index in [1.165, 1.54) is 11.3 Å². The van der Waals surface area contributed by atoms with Gasteiger partial charge in [0.25, 0.3) is 0 Å². The number of fused-ring (bicyclic) bond motifs is 1. The van der Waals surface area contributed by atoms with Gasteiger partial charge >= 0.3 is 0 Å². The molecule has 0 fully saturated rings. The van der Waals surface area contributed by atoms with Crippen molar-refractivity contribution in [3.63, 3.8) is 0 Å². The Morgan fingerprint density at radius 3 is 2.15 bits per heavy atom. The third-order valence-electron chi connectivity index (χ3n) is 4.22. The summed E-state index contributed by atoms with van der Waals surface area (Å²) in [6.07, 6.45) is 0. The summed E-state index contributed by atoms with van der Waals surface area (Å²) < 4.78 is 0.880. The fourth-order valence-corrected chi connectivity index (χ4v) is 4.05. The molecule has 0 atom stereocenters. The van der Waals surface area contributed by atoms with Gasteiger partial charge in [-0.2, -0.15) is 0 Å². The van der Waals surface area contributed by atoms with Crippen LogP contribution < -0.4 is 5.32 Å². The van der Waals surface area contributed by atoms with Gasteiger partial charge in [-0.3, -0.25) is 4.79 Å². The lowest BCUT2D eigenvalue weighted by molar-refractivity contribution is -0.116. The number of nitrogens with one attached hydrogen (secondary N) is 1. The lowest BCUT2D eigenvalue weighted by Gasteiger charge is -2.18. The summed E-state index contributed by atoms with van der Waals surface area (Å²) in [7, 11) is 0. The van der Waals surface area contributed by atoms with Crippen LogP contribution in [0.4, 0.5) is 5.69 Å². The molecule has 0 aliphatic carbocycles. The summed E-state index contributed by atoms with van der Waals surface area (Å²) in [6, 6.07) is 23.2. The van der Waals surface area contributed by atoms with Crippen LogP contribution in [0.3, 0.4) is 0 Å². The normalized spacial score (nSPS) is 11.0. The summed E-state index contributed by atoms with van der Waals surface area (Å²) in [4.78, 5) is 17.5. The first-order valence-electron chi connectivity index (χ1n) is 8.16. The molecule has 4 aromatic rings. The predicted molar refractivity (Wildman–Crippen MR) is 108 cm³/mol. The number of aromatic nitrogens is 1. The second-order valence-corrected chi connectivity index (χ2v) is 7.13. The minimum absolute atomic E-state index is 0.0839. The van der Waals surface area contributed by atoms with Gasteiger partial charge in [0.1, 0.15) is 5.52 Å². The maximum absolute atomic E-state index is 13.2. The molecule has 0 radical (unpaired) electrons. The molecule has 0 aliphatic rings. The Bertz CT molecular complexity index is 1010. The van der Waals surface area contributed by atoms with Gasteiger partial charge in [0.2, 0.25) is 5.91 Å². The van der Waals surface area contributed by atoms with E-state index in [2.05, 4.69) is 10.3 Å². The van der Waals surface area contributed by atoms with Crippen LogP contribution in [-0.4, -0.2) is 10.9 Å². The Morgan fingerprint density at radius 1 is 0.923 bits per heavy atom. The molecule has 0 saturated carbocycles. The molecule has 1 N–H and O–H groups in total. The minimum Gasteiger partial charge on any atom is -0.324 e. The standard InChI is InChI=1S/C21H15ClN2OS/c22-16-11-12-17(20-19(16)23-13-26-20)24-21(25)18(14-7-3-1-4-8-14)15-9-5-2-6-10-15/h1-13,18H,(H,24,25). The fraction of sp³-hybridized carbons (Fsp3) is 0.0476. The van der Waals surface area contributed by atoms with E-state index in [4.69, 9.17) is 11.6 Å². The number of thiazole rings is 1. The number of nitrogens with zero attached hydrogens (tertiary/aromatic N) is 1. The molecule has 3 nitrogen and oxygen atoms in total. The van der Waals surface area contributed by atoms with Gasteiger partial charge < -0.3 is 5.32 Å². The van der Waals surface area contributed by atoms with E-state index in [9.17, 15) is 4.79 Å². The van der Waals surface area contributed by atoms with E-state index < -0.39 is 5.92 Å². The number of anilines is 1. The van der Waals surface area contributed by atoms with E-state index in [1.807, 2.05) is 66.7 Å². The summed E-state index contributed by atoms with van der Waals surface area (Å²) in [5.41, 5.74) is 5.08. The van der Waals surface area contributed by atoms with Crippen molar-refractivity contribution in [2.75, 3.05) is 5.32 Å². The van der Waals surface area contributed by atoms with Crippen LogP contribution in [0.2, 0.25) is 5.02 Å². The molecular weight excluding hydrogens is 364 g/mol. The monoisotopic (exact) mass is 378 g/mol. The highest BCUT2D eigenvalue weighted by Gasteiger charge is 2.23. The number of hydrogen-bond donors (Lipinski definition) is 1. The Morgan fingerprint density at radius 2 is 1.54 bits per heavy atom. The van der Waals surface area contributed by atoms with Gasteiger partial charge in [0.05, 0.1) is 26.8 Å². The number of rotatable bonds is 4. The van der Waals surface area contributed by atoms with Crippen molar-refractivity contribution in [1.29, 1.82) is 0 Å². The molecule has 0 aliphatic heterocycles. The van der Waals surface area contributed by atoms with Crippen LogP contribution >= 0.6 is 22.9 Å². The van der Waals surface area contributed by atoms with Crippen molar-refractivity contribution in [2.24, 2.45) is 0 Å². The maximum atomic E-state index is 13.2. The SMILES string of the molecule is O=C(Nc1ccc(Cl)c2ncsc12)C(c1ccccc1)c1ccccc1. The molecule has 128 valence electrons. The van der Waals surface area contributed by atoms with Crippen LogP contribution in [0.5, 0.6) is 0 Å². The summed E-state index contributed by atoms with van der Waals surface area (Å²) in [5, 5.41) is 3.65. The smallest absolute Gasteiger partial charge is 0.236 e. The van der Waals surface area contributed by atoms with Gasteiger partial charge in [-0.25, -0.2) is 4.98 Å². The average Bonchev–Trinajstić information content (AvgIpc) is 3.17. The van der Waals surface area contributed by atoms with Gasteiger partial charge in [-0.1, -0.05) is 72.3 Å². The minimum atomic E-state index is -0.393. The van der Waals surface area contributed by atoms with Crippen LogP contribution in [0.25, 0.3) is 10.2 Å². The van der Waals surface area contributed by atoms with Gasteiger partial charge in [-0.15, -0.1) is 11.3 Å². The van der Waals surface area contributed by atoms with Crippen molar-refractivity contribution in [1.82, 2.24) is 4.98 Å². The quantitative estimate of drug-likeness (QED) is 0.493. The van der Waals surface area contributed by atoms with Crippen molar-refractivity contribution in [3.05, 3.63) is 94.5 Å². The van der Waals surface area contributed by atoms with Crippen LogP contribution in [0, 0.1) is 0 Å². The molecule has 0 spiro atoms. The molecule has 1 heterocycles. The number of amides is 1. The number of carbonyl (C=O) groups excluding carboxylic acids is 1. The Labute approximate surface area is 160 Å². The Hall–Kier alpha value is -2.69. The van der Waals surface area contributed by atoms with E-state index >= 15 is 0 Å². The molecule has 0 unspecified atom stereocenters. The first-order chi connectivity index (χ1) is 12.7. The van der Waals surface area contributed by atoms with Crippen molar-refractivity contribution in [3.8, 4) is 0 Å². The zero-order valence-corrected chi connectivity index (χ0v) is 15.3. The van der Waals surface area contributed by atoms with E-state index in [0.717, 1.165) is 21.5 Å². The molecular formula is C21H15ClN2OS. The first kappa shape index (κ1) is 16.8.